The SMILES string of the molecule is CC[C@]1(C(=O)[O-])[NH2+][C@@H](c2ccccc2O)[C@H]2C(=O)N(c3cccc(Cl)c3)C(=O)[C@H]21. The number of para-hydroxylation sites is 1. The van der Waals surface area contributed by atoms with Crippen LogP contribution in [-0.4, -0.2) is 28.4 Å². The highest BCUT2D eigenvalue weighted by Crippen LogP contribution is 2.47. The number of phenolic OH excluding ortho intramolecular Hbond substituents is 1. The van der Waals surface area contributed by atoms with Gasteiger partial charge in [-0.05, 0) is 30.3 Å². The van der Waals surface area contributed by atoms with Crippen LogP contribution in [0.4, 0.5) is 5.69 Å². The van der Waals surface area contributed by atoms with Crippen LogP contribution in [-0.2, 0) is 14.4 Å². The molecule has 2 aromatic rings. The fourth-order valence-electron chi connectivity index (χ4n) is 4.72. The lowest BCUT2D eigenvalue weighted by Gasteiger charge is -2.31. The van der Waals surface area contributed by atoms with Crippen molar-refractivity contribution in [3.8, 4) is 5.75 Å². The molecule has 0 saturated carbocycles. The summed E-state index contributed by atoms with van der Waals surface area (Å²) in [6.45, 7) is 1.65. The Morgan fingerprint density at radius 3 is 2.55 bits per heavy atom. The summed E-state index contributed by atoms with van der Waals surface area (Å²) in [4.78, 5) is 39.9. The molecule has 0 bridgehead atoms. The maximum atomic E-state index is 13.4. The number of rotatable bonds is 4. The number of carbonyl (C=O) groups excluding carboxylic acids is 3. The summed E-state index contributed by atoms with van der Waals surface area (Å²) < 4.78 is 0. The number of anilines is 1. The molecule has 0 spiro atoms. The summed E-state index contributed by atoms with van der Waals surface area (Å²) in [5.74, 6) is -4.63. The zero-order valence-corrected chi connectivity index (χ0v) is 16.3. The van der Waals surface area contributed by atoms with E-state index in [1.165, 1.54) is 17.4 Å². The maximum Gasteiger partial charge on any atom is 0.244 e. The standard InChI is InChI=1S/C21H19ClN2O5/c1-2-21(20(28)29)16-15(17(23-21)13-8-3-4-9-14(13)25)18(26)24(19(16)27)12-7-5-6-11(22)10-12/h3-10,15-17,23,25H,2H2,1H3,(H,28,29)/t15-,16-,17-,21-/m0/s1. The van der Waals surface area contributed by atoms with Gasteiger partial charge in [-0.3, -0.25) is 9.59 Å². The number of benzene rings is 2. The molecular weight excluding hydrogens is 396 g/mol. The number of quaternary nitrogens is 1. The third kappa shape index (κ3) is 2.73. The first kappa shape index (κ1) is 19.4. The summed E-state index contributed by atoms with van der Waals surface area (Å²) in [6, 6.07) is 12.0. The third-order valence-electron chi connectivity index (χ3n) is 6.10. The second-order valence-electron chi connectivity index (χ2n) is 7.43. The van der Waals surface area contributed by atoms with Crippen LogP contribution in [0.2, 0.25) is 5.02 Å². The minimum atomic E-state index is -1.61. The number of aromatic hydroxyl groups is 1. The highest BCUT2D eigenvalue weighted by atomic mass is 35.5. The van der Waals surface area contributed by atoms with Crippen molar-refractivity contribution < 1.29 is 29.9 Å². The van der Waals surface area contributed by atoms with Gasteiger partial charge in [0.1, 0.15) is 35.1 Å². The number of nitrogens with zero attached hydrogens (tertiary/aromatic N) is 1. The van der Waals surface area contributed by atoms with Crippen LogP contribution in [0.1, 0.15) is 24.9 Å². The van der Waals surface area contributed by atoms with Crippen molar-refractivity contribution in [3.63, 3.8) is 0 Å². The Labute approximate surface area is 171 Å². The average Bonchev–Trinajstić information content (AvgIpc) is 3.17. The molecule has 0 unspecified atom stereocenters. The zero-order valence-electron chi connectivity index (χ0n) is 15.5. The molecule has 2 fully saturated rings. The Bertz CT molecular complexity index is 1030. The Hall–Kier alpha value is -2.90. The number of amides is 2. The normalized spacial score (nSPS) is 28.6. The van der Waals surface area contributed by atoms with Crippen molar-refractivity contribution in [2.75, 3.05) is 4.90 Å². The van der Waals surface area contributed by atoms with Gasteiger partial charge in [-0.2, -0.15) is 0 Å². The quantitative estimate of drug-likeness (QED) is 0.701. The molecule has 8 heteroatoms. The van der Waals surface area contributed by atoms with Gasteiger partial charge in [0.25, 0.3) is 0 Å². The average molecular weight is 415 g/mol. The molecule has 2 aliphatic rings. The number of aliphatic carboxylic acids is 1. The predicted octanol–water partition coefficient (Wildman–Crippen LogP) is 0.368. The van der Waals surface area contributed by atoms with E-state index in [9.17, 15) is 24.6 Å². The number of hydrogen-bond acceptors (Lipinski definition) is 5. The number of imide groups is 1. The van der Waals surface area contributed by atoms with Gasteiger partial charge in [-0.25, -0.2) is 4.90 Å². The first-order valence-corrected chi connectivity index (χ1v) is 9.68. The van der Waals surface area contributed by atoms with E-state index in [0.717, 1.165) is 4.90 Å². The largest absolute Gasteiger partial charge is 0.544 e. The van der Waals surface area contributed by atoms with E-state index in [1.807, 2.05) is 0 Å². The summed E-state index contributed by atoms with van der Waals surface area (Å²) >= 11 is 6.03. The van der Waals surface area contributed by atoms with E-state index in [-0.39, 0.29) is 12.2 Å². The van der Waals surface area contributed by atoms with Crippen LogP contribution in [0.25, 0.3) is 0 Å². The zero-order chi connectivity index (χ0) is 20.9. The van der Waals surface area contributed by atoms with Crippen molar-refractivity contribution >= 4 is 35.1 Å². The van der Waals surface area contributed by atoms with E-state index in [4.69, 9.17) is 11.6 Å². The molecule has 2 amide bonds. The van der Waals surface area contributed by atoms with Crippen LogP contribution in [0.5, 0.6) is 5.75 Å². The fraction of sp³-hybridized carbons (Fsp3) is 0.286. The minimum Gasteiger partial charge on any atom is -0.544 e. The molecule has 0 radical (unpaired) electrons. The fourth-order valence-corrected chi connectivity index (χ4v) is 4.91. The van der Waals surface area contributed by atoms with Crippen molar-refractivity contribution in [1.82, 2.24) is 0 Å². The third-order valence-corrected chi connectivity index (χ3v) is 6.33. The number of carboxylic acid groups (broad SMARTS) is 1. The monoisotopic (exact) mass is 414 g/mol. The van der Waals surface area contributed by atoms with Gasteiger partial charge in [0.15, 0.2) is 0 Å². The van der Waals surface area contributed by atoms with Crippen LogP contribution in [0.3, 0.4) is 0 Å². The molecule has 4 atom stereocenters. The molecule has 4 rings (SSSR count). The molecule has 150 valence electrons. The molecule has 2 aromatic carbocycles. The highest BCUT2D eigenvalue weighted by molar-refractivity contribution is 6.31. The van der Waals surface area contributed by atoms with Crippen LogP contribution < -0.4 is 15.3 Å². The Balaban J connectivity index is 1.88. The molecule has 2 aliphatic heterocycles. The van der Waals surface area contributed by atoms with Crippen molar-refractivity contribution in [2.24, 2.45) is 11.8 Å². The van der Waals surface area contributed by atoms with Gasteiger partial charge in [0.2, 0.25) is 11.8 Å². The summed E-state index contributed by atoms with van der Waals surface area (Å²) in [6.07, 6.45) is 0.0863. The number of fused-ring (bicyclic) bond motifs is 1. The molecule has 7 nitrogen and oxygen atoms in total. The van der Waals surface area contributed by atoms with Gasteiger partial charge in [-0.1, -0.05) is 36.7 Å². The molecule has 0 aliphatic carbocycles. The van der Waals surface area contributed by atoms with E-state index >= 15 is 0 Å². The molecule has 0 aromatic heterocycles. The molecule has 2 saturated heterocycles. The maximum absolute atomic E-state index is 13.4. The number of carbonyl (C=O) groups is 3. The Kier molecular flexibility index (Phi) is 4.59. The van der Waals surface area contributed by atoms with Crippen molar-refractivity contribution in [1.29, 1.82) is 0 Å². The van der Waals surface area contributed by atoms with Crippen LogP contribution in [0.15, 0.2) is 48.5 Å². The van der Waals surface area contributed by atoms with Gasteiger partial charge >= 0.3 is 0 Å². The van der Waals surface area contributed by atoms with Gasteiger partial charge in [0, 0.05) is 11.4 Å². The molecule has 3 N–H and O–H groups in total. The number of hydrogen-bond donors (Lipinski definition) is 2. The second-order valence-corrected chi connectivity index (χ2v) is 7.86. The minimum absolute atomic E-state index is 0.0563. The first-order valence-electron chi connectivity index (χ1n) is 9.30. The van der Waals surface area contributed by atoms with E-state index < -0.39 is 41.2 Å². The second kappa shape index (κ2) is 6.86. The van der Waals surface area contributed by atoms with Gasteiger partial charge in [0.05, 0.1) is 11.3 Å². The van der Waals surface area contributed by atoms with Crippen molar-refractivity contribution in [2.45, 2.75) is 24.9 Å². The lowest BCUT2D eigenvalue weighted by atomic mass is 9.78. The lowest BCUT2D eigenvalue weighted by molar-refractivity contribution is -0.739. The number of halogens is 1. The molecule has 29 heavy (non-hydrogen) atoms. The van der Waals surface area contributed by atoms with Crippen LogP contribution >= 0.6 is 11.6 Å². The Morgan fingerprint density at radius 2 is 1.93 bits per heavy atom. The number of carboxylic acids is 1. The first-order chi connectivity index (χ1) is 13.8. The molecule has 2 heterocycles. The lowest BCUT2D eigenvalue weighted by Crippen LogP contribution is -2.99. The van der Waals surface area contributed by atoms with Crippen LogP contribution in [0, 0.1) is 11.8 Å². The topological polar surface area (TPSA) is 114 Å². The van der Waals surface area contributed by atoms with Crippen molar-refractivity contribution in [3.05, 3.63) is 59.1 Å². The summed E-state index contributed by atoms with van der Waals surface area (Å²) in [5, 5.41) is 24.4. The van der Waals surface area contributed by atoms with Gasteiger partial charge in [-0.15, -0.1) is 0 Å². The number of nitrogens with two attached hydrogens (primary N) is 1. The summed E-state index contributed by atoms with van der Waals surface area (Å²) in [7, 11) is 0. The Morgan fingerprint density at radius 1 is 1.21 bits per heavy atom. The van der Waals surface area contributed by atoms with Gasteiger partial charge < -0.3 is 20.3 Å². The number of phenols is 1. The smallest absolute Gasteiger partial charge is 0.244 e. The van der Waals surface area contributed by atoms with E-state index in [0.29, 0.717) is 16.3 Å². The highest BCUT2D eigenvalue weighted by Gasteiger charge is 2.69. The summed E-state index contributed by atoms with van der Waals surface area (Å²) in [5.41, 5.74) is -0.910. The van der Waals surface area contributed by atoms with E-state index in [2.05, 4.69) is 0 Å². The predicted molar refractivity (Wildman–Crippen MR) is 102 cm³/mol. The van der Waals surface area contributed by atoms with E-state index in [1.54, 1.807) is 43.3 Å². The molecular formula is C21H19ClN2O5.